The molecular formula is C19H23N5O2. The number of carbonyl (C=O) groups excluding carboxylic acids is 1. The highest BCUT2D eigenvalue weighted by atomic mass is 16.5. The van der Waals surface area contributed by atoms with Crippen LogP contribution < -0.4 is 15.5 Å². The average Bonchev–Trinajstić information content (AvgIpc) is 2.72. The highest BCUT2D eigenvalue weighted by Gasteiger charge is 2.23. The summed E-state index contributed by atoms with van der Waals surface area (Å²) in [6.07, 6.45) is 2.27. The Morgan fingerprint density at radius 2 is 2.04 bits per heavy atom. The molecule has 7 heteroatoms. The minimum Gasteiger partial charge on any atom is -0.378 e. The Labute approximate surface area is 152 Å². The first kappa shape index (κ1) is 16.9. The number of fused-ring (bicyclic) bond motifs is 1. The highest BCUT2D eigenvalue weighted by Crippen LogP contribution is 2.16. The summed E-state index contributed by atoms with van der Waals surface area (Å²) in [6, 6.07) is 9.98. The lowest BCUT2D eigenvalue weighted by atomic mass is 9.95. The van der Waals surface area contributed by atoms with Crippen LogP contribution in [0, 0.1) is 0 Å². The molecule has 2 aliphatic heterocycles. The van der Waals surface area contributed by atoms with Crippen molar-refractivity contribution in [2.45, 2.75) is 25.6 Å². The van der Waals surface area contributed by atoms with Crippen LogP contribution in [0.2, 0.25) is 0 Å². The molecule has 3 heterocycles. The summed E-state index contributed by atoms with van der Waals surface area (Å²) >= 11 is 0. The molecule has 1 unspecified atom stereocenters. The van der Waals surface area contributed by atoms with Crippen LogP contribution in [0.1, 0.15) is 16.8 Å². The van der Waals surface area contributed by atoms with Crippen molar-refractivity contribution in [1.82, 2.24) is 20.6 Å². The number of anilines is 1. The van der Waals surface area contributed by atoms with Gasteiger partial charge in [-0.25, -0.2) is 9.97 Å². The van der Waals surface area contributed by atoms with Crippen LogP contribution in [-0.4, -0.2) is 48.2 Å². The van der Waals surface area contributed by atoms with Gasteiger partial charge in [-0.15, -0.1) is 0 Å². The molecule has 7 nitrogen and oxygen atoms in total. The average molecular weight is 353 g/mol. The van der Waals surface area contributed by atoms with Crippen LogP contribution in [0.25, 0.3) is 0 Å². The predicted octanol–water partition coefficient (Wildman–Crippen LogP) is 0.644. The summed E-state index contributed by atoms with van der Waals surface area (Å²) < 4.78 is 5.37. The molecule has 136 valence electrons. The van der Waals surface area contributed by atoms with Gasteiger partial charge in [0.15, 0.2) is 0 Å². The topological polar surface area (TPSA) is 79.4 Å². The molecule has 1 atom stereocenters. The smallest absolute Gasteiger partial charge is 0.237 e. The lowest BCUT2D eigenvalue weighted by Gasteiger charge is -2.28. The molecule has 2 N–H and O–H groups in total. The molecule has 0 radical (unpaired) electrons. The number of rotatable bonds is 4. The third-order valence-corrected chi connectivity index (χ3v) is 4.89. The molecular weight excluding hydrogens is 330 g/mol. The molecule has 26 heavy (non-hydrogen) atoms. The van der Waals surface area contributed by atoms with E-state index < -0.39 is 0 Å². The van der Waals surface area contributed by atoms with Gasteiger partial charge in [0.05, 0.1) is 31.5 Å². The summed E-state index contributed by atoms with van der Waals surface area (Å²) in [4.78, 5) is 23.3. The first-order valence-corrected chi connectivity index (χ1v) is 9.01. The van der Waals surface area contributed by atoms with Crippen LogP contribution in [0.15, 0.2) is 36.7 Å². The van der Waals surface area contributed by atoms with Gasteiger partial charge in [0.25, 0.3) is 0 Å². The molecule has 1 saturated heterocycles. The Morgan fingerprint density at radius 3 is 2.88 bits per heavy atom. The van der Waals surface area contributed by atoms with E-state index in [4.69, 9.17) is 4.74 Å². The molecule has 0 saturated carbocycles. The van der Waals surface area contributed by atoms with Crippen molar-refractivity contribution in [2.24, 2.45) is 0 Å². The van der Waals surface area contributed by atoms with E-state index in [0.717, 1.165) is 31.1 Å². The van der Waals surface area contributed by atoms with Crippen molar-refractivity contribution in [3.8, 4) is 0 Å². The minimum atomic E-state index is -0.203. The summed E-state index contributed by atoms with van der Waals surface area (Å²) in [5.41, 5.74) is 3.32. The van der Waals surface area contributed by atoms with E-state index in [9.17, 15) is 4.79 Å². The molecule has 1 aromatic carbocycles. The number of hydrogen-bond donors (Lipinski definition) is 2. The molecule has 0 spiro atoms. The van der Waals surface area contributed by atoms with Gasteiger partial charge >= 0.3 is 0 Å². The number of benzene rings is 1. The zero-order valence-electron chi connectivity index (χ0n) is 14.6. The number of nitrogens with one attached hydrogen (secondary N) is 2. The van der Waals surface area contributed by atoms with Gasteiger partial charge in [0.1, 0.15) is 12.1 Å². The minimum absolute atomic E-state index is 0.00559. The molecule has 0 bridgehead atoms. The van der Waals surface area contributed by atoms with Crippen LogP contribution in [-0.2, 0) is 29.0 Å². The normalized spacial score (nSPS) is 19.7. The Bertz CT molecular complexity index is 776. The second kappa shape index (κ2) is 7.80. The van der Waals surface area contributed by atoms with E-state index in [1.54, 1.807) is 6.33 Å². The summed E-state index contributed by atoms with van der Waals surface area (Å²) in [7, 11) is 0. The number of amides is 1. The fourth-order valence-electron chi connectivity index (χ4n) is 3.39. The third-order valence-electron chi connectivity index (χ3n) is 4.89. The monoisotopic (exact) mass is 353 g/mol. The van der Waals surface area contributed by atoms with Gasteiger partial charge in [-0.3, -0.25) is 4.79 Å². The van der Waals surface area contributed by atoms with Crippen molar-refractivity contribution in [3.05, 3.63) is 53.5 Å². The van der Waals surface area contributed by atoms with Gasteiger partial charge in [-0.05, 0) is 17.5 Å². The molecule has 1 amide bonds. The Kier molecular flexibility index (Phi) is 5.08. The van der Waals surface area contributed by atoms with Crippen LogP contribution in [0.5, 0.6) is 0 Å². The van der Waals surface area contributed by atoms with Gasteiger partial charge in [-0.2, -0.15) is 0 Å². The van der Waals surface area contributed by atoms with Gasteiger partial charge in [0.2, 0.25) is 5.91 Å². The molecule has 1 fully saturated rings. The lowest BCUT2D eigenvalue weighted by Crippen LogP contribution is -2.47. The van der Waals surface area contributed by atoms with Crippen molar-refractivity contribution >= 4 is 11.7 Å². The Hall–Kier alpha value is -2.51. The first-order valence-electron chi connectivity index (χ1n) is 9.01. The maximum Gasteiger partial charge on any atom is 0.237 e. The van der Waals surface area contributed by atoms with E-state index in [1.165, 1.54) is 11.1 Å². The van der Waals surface area contributed by atoms with Crippen molar-refractivity contribution in [1.29, 1.82) is 0 Å². The van der Waals surface area contributed by atoms with E-state index in [-0.39, 0.29) is 11.9 Å². The quantitative estimate of drug-likeness (QED) is 0.840. The second-order valence-electron chi connectivity index (χ2n) is 6.59. The Balaban J connectivity index is 1.35. The van der Waals surface area contributed by atoms with E-state index in [1.807, 2.05) is 18.2 Å². The standard InChI is InChI=1S/C19H23N5O2/c25-19(17-9-14-3-1-2-4-15(14)11-20-17)21-12-16-10-18(23-13-22-16)24-5-7-26-8-6-24/h1-4,10,13,17,20H,5-9,11-12H2,(H,21,25). The van der Waals surface area contributed by atoms with Crippen LogP contribution in [0.4, 0.5) is 5.82 Å². The van der Waals surface area contributed by atoms with E-state index in [2.05, 4.69) is 37.6 Å². The number of carbonyl (C=O) groups is 1. The number of aromatic nitrogens is 2. The number of hydrogen-bond acceptors (Lipinski definition) is 6. The van der Waals surface area contributed by atoms with E-state index >= 15 is 0 Å². The summed E-state index contributed by atoms with van der Waals surface area (Å²) in [5.74, 6) is 0.892. The molecule has 4 rings (SSSR count). The van der Waals surface area contributed by atoms with Crippen molar-refractivity contribution < 1.29 is 9.53 Å². The van der Waals surface area contributed by atoms with Crippen molar-refractivity contribution in [3.63, 3.8) is 0 Å². The van der Waals surface area contributed by atoms with Crippen LogP contribution >= 0.6 is 0 Å². The zero-order chi connectivity index (χ0) is 17.8. The van der Waals surface area contributed by atoms with Gasteiger partial charge < -0.3 is 20.3 Å². The van der Waals surface area contributed by atoms with Gasteiger partial charge in [-0.1, -0.05) is 24.3 Å². The maximum atomic E-state index is 12.5. The number of nitrogens with zero attached hydrogens (tertiary/aromatic N) is 3. The first-order chi connectivity index (χ1) is 12.8. The highest BCUT2D eigenvalue weighted by molar-refractivity contribution is 5.82. The van der Waals surface area contributed by atoms with Gasteiger partial charge in [0, 0.05) is 25.7 Å². The number of morpholine rings is 1. The molecule has 1 aromatic heterocycles. The summed E-state index contributed by atoms with van der Waals surface area (Å²) in [6.45, 7) is 4.21. The summed E-state index contributed by atoms with van der Waals surface area (Å²) in [5, 5.41) is 6.30. The molecule has 0 aliphatic carbocycles. The predicted molar refractivity (Wildman–Crippen MR) is 97.7 cm³/mol. The largest absolute Gasteiger partial charge is 0.378 e. The SMILES string of the molecule is O=C(NCc1cc(N2CCOCC2)ncn1)C1Cc2ccccc2CN1. The van der Waals surface area contributed by atoms with Crippen molar-refractivity contribution in [2.75, 3.05) is 31.2 Å². The maximum absolute atomic E-state index is 12.5. The lowest BCUT2D eigenvalue weighted by molar-refractivity contribution is -0.123. The second-order valence-corrected chi connectivity index (χ2v) is 6.59. The Morgan fingerprint density at radius 1 is 1.23 bits per heavy atom. The van der Waals surface area contributed by atoms with Crippen LogP contribution in [0.3, 0.4) is 0 Å². The van der Waals surface area contributed by atoms with E-state index in [0.29, 0.717) is 26.2 Å². The number of ether oxygens (including phenoxy) is 1. The zero-order valence-corrected chi connectivity index (χ0v) is 14.6. The third kappa shape index (κ3) is 3.84. The fraction of sp³-hybridized carbons (Fsp3) is 0.421. The molecule has 2 aromatic rings. The fourth-order valence-corrected chi connectivity index (χ4v) is 3.39. The molecule has 2 aliphatic rings.